The molecule has 116 valence electrons. The van der Waals surface area contributed by atoms with Gasteiger partial charge in [-0.15, -0.1) is 0 Å². The van der Waals surface area contributed by atoms with Crippen LogP contribution in [0, 0.1) is 11.6 Å². The number of carbonyl (C=O) groups excluding carboxylic acids is 1. The highest BCUT2D eigenvalue weighted by molar-refractivity contribution is 5.76. The number of rotatable bonds is 5. The Morgan fingerprint density at radius 1 is 1.19 bits per heavy atom. The molecule has 3 nitrogen and oxygen atoms in total. The fourth-order valence-electron chi connectivity index (χ4n) is 2.64. The van der Waals surface area contributed by atoms with Crippen LogP contribution in [0.15, 0.2) is 18.2 Å². The van der Waals surface area contributed by atoms with Gasteiger partial charge in [0, 0.05) is 38.2 Å². The third kappa shape index (κ3) is 4.77. The van der Waals surface area contributed by atoms with E-state index in [1.165, 1.54) is 18.6 Å². The minimum absolute atomic E-state index is 0.153. The maximum atomic E-state index is 13.2. The van der Waals surface area contributed by atoms with Gasteiger partial charge in [-0.1, -0.05) is 0 Å². The van der Waals surface area contributed by atoms with E-state index < -0.39 is 11.6 Å². The van der Waals surface area contributed by atoms with E-state index in [1.54, 1.807) is 0 Å². The maximum Gasteiger partial charge on any atom is 0.223 e. The van der Waals surface area contributed by atoms with Crippen LogP contribution in [0.25, 0.3) is 0 Å². The van der Waals surface area contributed by atoms with Crippen LogP contribution in [0.5, 0.6) is 0 Å². The van der Waals surface area contributed by atoms with Crippen molar-refractivity contribution in [2.45, 2.75) is 38.6 Å². The fraction of sp³-hybridized carbons (Fsp3) is 0.562. The van der Waals surface area contributed by atoms with Crippen molar-refractivity contribution in [2.24, 2.45) is 0 Å². The molecule has 1 saturated heterocycles. The molecule has 0 spiro atoms. The van der Waals surface area contributed by atoms with Gasteiger partial charge in [-0.25, -0.2) is 8.78 Å². The number of hydrogen-bond donors (Lipinski definition) is 1. The number of piperidine rings is 1. The van der Waals surface area contributed by atoms with Crippen molar-refractivity contribution in [3.05, 3.63) is 35.4 Å². The highest BCUT2D eigenvalue weighted by Gasteiger charge is 2.16. The van der Waals surface area contributed by atoms with Crippen molar-refractivity contribution in [3.8, 4) is 0 Å². The van der Waals surface area contributed by atoms with Crippen LogP contribution < -0.4 is 5.32 Å². The first-order valence-electron chi connectivity index (χ1n) is 7.53. The summed E-state index contributed by atoms with van der Waals surface area (Å²) >= 11 is 0. The first-order chi connectivity index (χ1) is 10.1. The highest BCUT2D eigenvalue weighted by atomic mass is 19.1. The van der Waals surface area contributed by atoms with E-state index in [4.69, 9.17) is 0 Å². The molecule has 0 aliphatic carbocycles. The summed E-state index contributed by atoms with van der Waals surface area (Å²) in [6.07, 6.45) is 3.78. The van der Waals surface area contributed by atoms with E-state index >= 15 is 0 Å². The van der Waals surface area contributed by atoms with Crippen molar-refractivity contribution in [2.75, 3.05) is 19.6 Å². The van der Waals surface area contributed by atoms with Crippen LogP contribution in [-0.2, 0) is 4.79 Å². The molecule has 1 heterocycles. The Hall–Kier alpha value is -1.49. The largest absolute Gasteiger partial charge is 0.343 e. The average molecular weight is 296 g/mol. The second kappa shape index (κ2) is 7.50. The predicted molar refractivity (Wildman–Crippen MR) is 77.8 cm³/mol. The molecule has 21 heavy (non-hydrogen) atoms. The van der Waals surface area contributed by atoms with Gasteiger partial charge in [0.2, 0.25) is 5.91 Å². The molecule has 0 saturated carbocycles. The van der Waals surface area contributed by atoms with Crippen LogP contribution >= 0.6 is 0 Å². The van der Waals surface area contributed by atoms with E-state index in [-0.39, 0.29) is 11.9 Å². The van der Waals surface area contributed by atoms with Crippen molar-refractivity contribution >= 4 is 5.91 Å². The van der Waals surface area contributed by atoms with E-state index in [9.17, 15) is 13.6 Å². The molecule has 1 aliphatic heterocycles. The molecule has 1 N–H and O–H groups in total. The zero-order valence-corrected chi connectivity index (χ0v) is 12.4. The first kappa shape index (κ1) is 15.9. The number of amides is 1. The molecule has 1 aromatic carbocycles. The molecule has 1 aliphatic rings. The number of likely N-dealkylation sites (tertiary alicyclic amines) is 1. The van der Waals surface area contributed by atoms with Gasteiger partial charge >= 0.3 is 0 Å². The van der Waals surface area contributed by atoms with Gasteiger partial charge in [0.25, 0.3) is 0 Å². The van der Waals surface area contributed by atoms with E-state index in [0.717, 1.165) is 32.0 Å². The van der Waals surface area contributed by atoms with Gasteiger partial charge in [-0.2, -0.15) is 0 Å². The third-order valence-corrected chi connectivity index (χ3v) is 3.88. The third-order valence-electron chi connectivity index (χ3n) is 3.88. The molecule has 0 aromatic heterocycles. The molecule has 1 fully saturated rings. The Bertz CT molecular complexity index is 467. The summed E-state index contributed by atoms with van der Waals surface area (Å²) in [6.45, 7) is 4.04. The molecule has 1 atom stereocenters. The summed E-state index contributed by atoms with van der Waals surface area (Å²) in [7, 11) is 0. The Morgan fingerprint density at radius 3 is 2.43 bits per heavy atom. The van der Waals surface area contributed by atoms with Crippen LogP contribution in [0.1, 0.15) is 44.2 Å². The van der Waals surface area contributed by atoms with Crippen molar-refractivity contribution in [3.63, 3.8) is 0 Å². The topological polar surface area (TPSA) is 32.3 Å². The Labute approximate surface area is 124 Å². The molecule has 1 amide bonds. The van der Waals surface area contributed by atoms with E-state index in [2.05, 4.69) is 5.32 Å². The monoisotopic (exact) mass is 296 g/mol. The van der Waals surface area contributed by atoms with Gasteiger partial charge in [-0.3, -0.25) is 4.79 Å². The Morgan fingerprint density at radius 2 is 1.81 bits per heavy atom. The summed E-state index contributed by atoms with van der Waals surface area (Å²) in [6, 6.07) is 3.29. The Balaban J connectivity index is 1.78. The fourth-order valence-corrected chi connectivity index (χ4v) is 2.64. The van der Waals surface area contributed by atoms with E-state index in [0.29, 0.717) is 18.5 Å². The molecule has 1 aromatic rings. The standard InChI is InChI=1S/C16H22F2N2O/c1-12(13-9-14(17)11-15(18)10-13)19-6-5-16(21)20-7-3-2-4-8-20/h9-12,19H,2-8H2,1H3. The second-order valence-electron chi connectivity index (χ2n) is 5.57. The average Bonchev–Trinajstić information content (AvgIpc) is 2.47. The van der Waals surface area contributed by atoms with Gasteiger partial charge in [0.1, 0.15) is 11.6 Å². The molecular weight excluding hydrogens is 274 g/mol. The maximum absolute atomic E-state index is 13.2. The van der Waals surface area contributed by atoms with Crippen molar-refractivity contribution < 1.29 is 13.6 Å². The zero-order chi connectivity index (χ0) is 15.2. The molecule has 0 bridgehead atoms. The lowest BCUT2D eigenvalue weighted by atomic mass is 10.1. The van der Waals surface area contributed by atoms with Crippen molar-refractivity contribution in [1.29, 1.82) is 0 Å². The van der Waals surface area contributed by atoms with Crippen LogP contribution in [0.2, 0.25) is 0 Å². The summed E-state index contributed by atoms with van der Waals surface area (Å²) < 4.78 is 26.3. The zero-order valence-electron chi connectivity index (χ0n) is 12.4. The molecule has 2 rings (SSSR count). The lowest BCUT2D eigenvalue weighted by Gasteiger charge is -2.27. The predicted octanol–water partition coefficient (Wildman–Crippen LogP) is 3.02. The summed E-state index contributed by atoms with van der Waals surface area (Å²) in [5, 5.41) is 3.14. The lowest BCUT2D eigenvalue weighted by Crippen LogP contribution is -2.37. The molecule has 5 heteroatoms. The van der Waals surface area contributed by atoms with Gasteiger partial charge in [-0.05, 0) is 43.9 Å². The number of benzene rings is 1. The number of nitrogens with one attached hydrogen (secondary N) is 1. The Kier molecular flexibility index (Phi) is 5.67. The molecule has 1 unspecified atom stereocenters. The van der Waals surface area contributed by atoms with Gasteiger partial charge < -0.3 is 10.2 Å². The number of nitrogens with zero attached hydrogens (tertiary/aromatic N) is 1. The number of halogens is 2. The van der Waals surface area contributed by atoms with Gasteiger partial charge in [0.15, 0.2) is 0 Å². The molecular formula is C16H22F2N2O. The van der Waals surface area contributed by atoms with Crippen molar-refractivity contribution in [1.82, 2.24) is 10.2 Å². The molecule has 0 radical (unpaired) electrons. The number of hydrogen-bond acceptors (Lipinski definition) is 2. The minimum atomic E-state index is -0.581. The van der Waals surface area contributed by atoms with E-state index in [1.807, 2.05) is 11.8 Å². The summed E-state index contributed by atoms with van der Waals surface area (Å²) in [4.78, 5) is 13.9. The SMILES string of the molecule is CC(NCCC(=O)N1CCCCC1)c1cc(F)cc(F)c1. The summed E-state index contributed by atoms with van der Waals surface area (Å²) in [5.41, 5.74) is 0.554. The lowest BCUT2D eigenvalue weighted by molar-refractivity contribution is -0.132. The first-order valence-corrected chi connectivity index (χ1v) is 7.53. The summed E-state index contributed by atoms with van der Waals surface area (Å²) in [5.74, 6) is -1.01. The minimum Gasteiger partial charge on any atom is -0.343 e. The smallest absolute Gasteiger partial charge is 0.223 e. The van der Waals surface area contributed by atoms with Gasteiger partial charge in [0.05, 0.1) is 0 Å². The van der Waals surface area contributed by atoms with Crippen LogP contribution in [-0.4, -0.2) is 30.4 Å². The second-order valence-corrected chi connectivity index (χ2v) is 5.57. The van der Waals surface area contributed by atoms with Crippen LogP contribution in [0.4, 0.5) is 8.78 Å². The normalized spacial score (nSPS) is 16.8. The highest BCUT2D eigenvalue weighted by Crippen LogP contribution is 2.16. The quantitative estimate of drug-likeness (QED) is 0.906. The number of carbonyl (C=O) groups is 1. The van der Waals surface area contributed by atoms with Crippen LogP contribution in [0.3, 0.4) is 0 Å².